The molecule has 2 heterocycles. The number of phenols is 1. The molecule has 3 N–H and O–H groups in total. The van der Waals surface area contributed by atoms with Crippen LogP contribution in [-0.4, -0.2) is 34.0 Å². The first-order chi connectivity index (χ1) is 13.9. The third kappa shape index (κ3) is 3.50. The topological polar surface area (TPSA) is 137 Å². The van der Waals surface area contributed by atoms with Crippen LogP contribution in [0.3, 0.4) is 0 Å². The molecule has 0 unspecified atom stereocenters. The van der Waals surface area contributed by atoms with Gasteiger partial charge in [0.2, 0.25) is 0 Å². The molecule has 11 heteroatoms. The smallest absolute Gasteiger partial charge is 0.298 e. The van der Waals surface area contributed by atoms with Crippen molar-refractivity contribution in [2.75, 3.05) is 11.9 Å². The summed E-state index contributed by atoms with van der Waals surface area (Å²) in [5, 5.41) is 24.0. The summed E-state index contributed by atoms with van der Waals surface area (Å²) in [4.78, 5) is 3.51. The summed E-state index contributed by atoms with van der Waals surface area (Å²) < 4.78 is 37.2. The minimum Gasteiger partial charge on any atom is -0.506 e. The largest absolute Gasteiger partial charge is 0.506 e. The van der Waals surface area contributed by atoms with E-state index < -0.39 is 20.8 Å². The zero-order valence-corrected chi connectivity index (χ0v) is 16.7. The van der Waals surface area contributed by atoms with Crippen molar-refractivity contribution in [2.45, 2.75) is 11.8 Å². The highest BCUT2D eigenvalue weighted by molar-refractivity contribution is 7.86. The summed E-state index contributed by atoms with van der Waals surface area (Å²) in [5.74, 6) is -0.548. The number of aromatic hydroxyl groups is 1. The second-order valence-corrected chi connectivity index (χ2v) is 8.18. The molecule has 148 valence electrons. The van der Waals surface area contributed by atoms with Crippen molar-refractivity contribution in [3.63, 3.8) is 0 Å². The summed E-state index contributed by atoms with van der Waals surface area (Å²) in [7, 11) is -4.67. The zero-order valence-electron chi connectivity index (χ0n) is 15.1. The van der Waals surface area contributed by atoms with Crippen LogP contribution in [0.5, 0.6) is 5.75 Å². The molecule has 0 bridgehead atoms. The van der Waals surface area contributed by atoms with Crippen LogP contribution in [0.25, 0.3) is 21.8 Å². The molecule has 29 heavy (non-hydrogen) atoms. The fourth-order valence-corrected chi connectivity index (χ4v) is 4.25. The van der Waals surface area contributed by atoms with E-state index in [1.807, 2.05) is 13.0 Å². The van der Waals surface area contributed by atoms with Crippen LogP contribution in [0.1, 0.15) is 6.92 Å². The molecule has 4 aromatic rings. The molecular formula is C18H15N5O4S2. The second-order valence-electron chi connectivity index (χ2n) is 6.04. The maximum atomic E-state index is 11.8. The van der Waals surface area contributed by atoms with Crippen molar-refractivity contribution < 1.29 is 18.1 Å². The Hall–Kier alpha value is -3.15. The molecule has 0 amide bonds. The molecule has 2 aromatic heterocycles. The Morgan fingerprint density at radius 3 is 2.72 bits per heavy atom. The minimum absolute atomic E-state index is 0.174. The second kappa shape index (κ2) is 7.35. The Morgan fingerprint density at radius 2 is 1.97 bits per heavy atom. The fourth-order valence-electron chi connectivity index (χ4n) is 2.98. The summed E-state index contributed by atoms with van der Waals surface area (Å²) in [5.41, 5.74) is 1.35. The number of aromatic nitrogens is 2. The Labute approximate surface area is 169 Å². The number of nitrogens with one attached hydrogen (secondary N) is 1. The summed E-state index contributed by atoms with van der Waals surface area (Å²) in [6, 6.07) is 9.65. The maximum absolute atomic E-state index is 11.8. The third-order valence-corrected chi connectivity index (χ3v) is 5.81. The molecule has 0 saturated carbocycles. The van der Waals surface area contributed by atoms with Crippen molar-refractivity contribution in [1.29, 1.82) is 0 Å². The van der Waals surface area contributed by atoms with Gasteiger partial charge in [-0.25, -0.2) is 4.98 Å². The molecule has 0 radical (unpaired) electrons. The maximum Gasteiger partial charge on any atom is 0.298 e. The van der Waals surface area contributed by atoms with Gasteiger partial charge in [-0.2, -0.15) is 12.8 Å². The van der Waals surface area contributed by atoms with Gasteiger partial charge in [-0.05, 0) is 42.7 Å². The van der Waals surface area contributed by atoms with E-state index >= 15 is 0 Å². The van der Waals surface area contributed by atoms with Crippen molar-refractivity contribution >= 4 is 59.8 Å². The van der Waals surface area contributed by atoms with Crippen LogP contribution in [0.2, 0.25) is 0 Å². The van der Waals surface area contributed by atoms with Gasteiger partial charge in [-0.15, -0.1) is 10.2 Å². The normalized spacial score (nSPS) is 12.2. The van der Waals surface area contributed by atoms with Crippen molar-refractivity contribution in [3.8, 4) is 5.75 Å². The number of pyridine rings is 1. The molecule has 0 aliphatic carbocycles. The van der Waals surface area contributed by atoms with E-state index in [-0.39, 0.29) is 11.1 Å². The number of nitrogens with zero attached hydrogens (tertiary/aromatic N) is 4. The standard InChI is InChI=1S/C18H15N5O4S2/c1-2-19-12-7-3-5-10-15(12)13(9-14(16(10)24)29(25,26)27)21-22-18-11-6-4-8-20-17(11)23-28-18/h3-9,19,24H,2H2,1H3,(H,25,26,27). The Morgan fingerprint density at radius 1 is 1.17 bits per heavy atom. The van der Waals surface area contributed by atoms with Gasteiger partial charge in [0.25, 0.3) is 10.1 Å². The van der Waals surface area contributed by atoms with E-state index in [0.29, 0.717) is 33.7 Å². The van der Waals surface area contributed by atoms with Crippen LogP contribution in [0.15, 0.2) is 57.7 Å². The average molecular weight is 429 g/mol. The predicted molar refractivity (Wildman–Crippen MR) is 111 cm³/mol. The molecule has 0 spiro atoms. The third-order valence-electron chi connectivity index (χ3n) is 4.21. The van der Waals surface area contributed by atoms with Gasteiger partial charge in [0.05, 0.1) is 11.1 Å². The van der Waals surface area contributed by atoms with Crippen molar-refractivity contribution in [3.05, 3.63) is 42.6 Å². The van der Waals surface area contributed by atoms with Crippen molar-refractivity contribution in [1.82, 2.24) is 9.36 Å². The first-order valence-electron chi connectivity index (χ1n) is 8.52. The number of azo groups is 1. The number of benzene rings is 2. The van der Waals surface area contributed by atoms with E-state index in [4.69, 9.17) is 0 Å². The van der Waals surface area contributed by atoms with Gasteiger partial charge in [0.15, 0.2) is 10.6 Å². The summed E-state index contributed by atoms with van der Waals surface area (Å²) in [6.07, 6.45) is 1.62. The SMILES string of the molecule is CCNc1cccc2c(O)c(S(=O)(=O)O)cc(N=Nc3snc4ncccc34)c12. The Balaban J connectivity index is 1.97. The van der Waals surface area contributed by atoms with E-state index in [9.17, 15) is 18.1 Å². The first-order valence-corrected chi connectivity index (χ1v) is 10.7. The van der Waals surface area contributed by atoms with Gasteiger partial charge < -0.3 is 10.4 Å². The molecular weight excluding hydrogens is 414 g/mol. The van der Waals surface area contributed by atoms with Crippen LogP contribution in [0, 0.1) is 0 Å². The lowest BCUT2D eigenvalue weighted by Gasteiger charge is -2.13. The lowest BCUT2D eigenvalue weighted by Crippen LogP contribution is -2.01. The van der Waals surface area contributed by atoms with Gasteiger partial charge in [-0.1, -0.05) is 12.1 Å². The van der Waals surface area contributed by atoms with E-state index in [1.54, 1.807) is 30.5 Å². The number of anilines is 1. The number of phenolic OH excluding ortho intramolecular Hbond substituents is 1. The fraction of sp³-hybridized carbons (Fsp3) is 0.111. The highest BCUT2D eigenvalue weighted by Crippen LogP contribution is 2.43. The van der Waals surface area contributed by atoms with Crippen molar-refractivity contribution in [2.24, 2.45) is 10.2 Å². The summed E-state index contributed by atoms with van der Waals surface area (Å²) >= 11 is 1.11. The predicted octanol–water partition coefficient (Wildman–Crippen LogP) is 4.64. The molecule has 4 rings (SSSR count). The van der Waals surface area contributed by atoms with Gasteiger partial charge >= 0.3 is 0 Å². The Kier molecular flexibility index (Phi) is 4.86. The average Bonchev–Trinajstić information content (AvgIpc) is 3.10. The number of hydrogen-bond acceptors (Lipinski definition) is 9. The highest BCUT2D eigenvalue weighted by Gasteiger charge is 2.22. The van der Waals surface area contributed by atoms with Crippen LogP contribution < -0.4 is 5.32 Å². The van der Waals surface area contributed by atoms with Crippen LogP contribution in [-0.2, 0) is 10.1 Å². The summed E-state index contributed by atoms with van der Waals surface area (Å²) in [6.45, 7) is 2.50. The molecule has 0 aliphatic rings. The van der Waals surface area contributed by atoms with Gasteiger partial charge in [0.1, 0.15) is 10.6 Å². The number of hydrogen-bond donors (Lipinski definition) is 3. The molecule has 2 aromatic carbocycles. The molecule has 0 fully saturated rings. The van der Waals surface area contributed by atoms with E-state index in [2.05, 4.69) is 24.9 Å². The van der Waals surface area contributed by atoms with Gasteiger partial charge in [-0.3, -0.25) is 4.55 Å². The van der Waals surface area contributed by atoms with Crippen LogP contribution in [0.4, 0.5) is 16.4 Å². The monoisotopic (exact) mass is 429 g/mol. The van der Waals surface area contributed by atoms with E-state index in [1.165, 1.54) is 0 Å². The van der Waals surface area contributed by atoms with E-state index in [0.717, 1.165) is 17.6 Å². The lowest BCUT2D eigenvalue weighted by molar-refractivity contribution is 0.448. The number of fused-ring (bicyclic) bond motifs is 2. The lowest BCUT2D eigenvalue weighted by atomic mass is 10.1. The number of rotatable bonds is 5. The molecule has 0 atom stereocenters. The molecule has 0 saturated heterocycles. The Bertz CT molecular complexity index is 1370. The zero-order chi connectivity index (χ0) is 20.6. The first kappa shape index (κ1) is 19.2. The molecule has 0 aliphatic heterocycles. The highest BCUT2D eigenvalue weighted by atomic mass is 32.2. The van der Waals surface area contributed by atoms with Gasteiger partial charge in [0, 0.05) is 29.2 Å². The minimum atomic E-state index is -4.67. The quantitative estimate of drug-likeness (QED) is 0.310. The molecule has 9 nitrogen and oxygen atoms in total. The van der Waals surface area contributed by atoms with Crippen LogP contribution >= 0.6 is 11.5 Å².